The highest BCUT2D eigenvalue weighted by atomic mass is 16.6. The van der Waals surface area contributed by atoms with Crippen molar-refractivity contribution in [2.45, 2.75) is 32.7 Å². The van der Waals surface area contributed by atoms with Gasteiger partial charge in [-0.25, -0.2) is 4.79 Å². The first-order valence-electron chi connectivity index (χ1n) is 8.26. The topological polar surface area (TPSA) is 168 Å². The highest BCUT2D eigenvalue weighted by Gasteiger charge is 2.26. The van der Waals surface area contributed by atoms with E-state index >= 15 is 0 Å². The van der Waals surface area contributed by atoms with Crippen LogP contribution in [0.1, 0.15) is 37.0 Å². The molecule has 1 rings (SSSR count). The zero-order chi connectivity index (χ0) is 21.3. The van der Waals surface area contributed by atoms with Crippen LogP contribution in [0.15, 0.2) is 18.2 Å². The lowest BCUT2D eigenvalue weighted by Gasteiger charge is -2.17. The summed E-state index contributed by atoms with van der Waals surface area (Å²) in [4.78, 5) is 56.0. The minimum absolute atomic E-state index is 0.0207. The molecule has 12 heteroatoms. The normalized spacial score (nSPS) is 11.2. The van der Waals surface area contributed by atoms with Gasteiger partial charge in [-0.05, 0) is 20.3 Å². The molecule has 0 heterocycles. The first-order chi connectivity index (χ1) is 13.2. The van der Waals surface area contributed by atoms with Gasteiger partial charge in [0.25, 0.3) is 17.3 Å². The number of ether oxygens (including phenoxy) is 2. The van der Waals surface area contributed by atoms with E-state index in [0.717, 1.165) is 12.1 Å². The quantitative estimate of drug-likeness (QED) is 0.349. The van der Waals surface area contributed by atoms with E-state index in [1.54, 1.807) is 13.8 Å². The Hall–Kier alpha value is -3.57. The van der Waals surface area contributed by atoms with Crippen molar-refractivity contribution in [2.24, 2.45) is 0 Å². The van der Waals surface area contributed by atoms with E-state index in [9.17, 15) is 34.6 Å². The molecule has 1 N–H and O–H groups in total. The van der Waals surface area contributed by atoms with Gasteiger partial charge >= 0.3 is 11.9 Å². The molecule has 28 heavy (non-hydrogen) atoms. The maximum absolute atomic E-state index is 12.4. The van der Waals surface area contributed by atoms with E-state index in [1.807, 2.05) is 0 Å². The molecule has 0 aliphatic carbocycles. The first-order valence-corrected chi connectivity index (χ1v) is 8.26. The molecule has 12 nitrogen and oxygen atoms in total. The molecule has 1 aromatic carbocycles. The summed E-state index contributed by atoms with van der Waals surface area (Å²) in [5.74, 6) is -2.37. The van der Waals surface area contributed by atoms with Crippen molar-refractivity contribution in [3.05, 3.63) is 44.0 Å². The van der Waals surface area contributed by atoms with Crippen molar-refractivity contribution in [1.29, 1.82) is 0 Å². The number of carbonyl (C=O) groups is 3. The maximum Gasteiger partial charge on any atom is 0.328 e. The Morgan fingerprint density at radius 1 is 1.00 bits per heavy atom. The van der Waals surface area contributed by atoms with Crippen LogP contribution in [0.25, 0.3) is 0 Å². The smallest absolute Gasteiger partial charge is 0.328 e. The largest absolute Gasteiger partial charge is 0.466 e. The molecule has 1 aromatic rings. The van der Waals surface area contributed by atoms with E-state index in [2.05, 4.69) is 5.32 Å². The van der Waals surface area contributed by atoms with Crippen LogP contribution in [-0.2, 0) is 19.1 Å². The number of nitro benzene ring substituents is 2. The lowest BCUT2D eigenvalue weighted by atomic mass is 10.1. The van der Waals surface area contributed by atoms with E-state index in [0.29, 0.717) is 6.07 Å². The lowest BCUT2D eigenvalue weighted by molar-refractivity contribution is -0.394. The summed E-state index contributed by atoms with van der Waals surface area (Å²) in [6.45, 7) is 3.32. The van der Waals surface area contributed by atoms with Gasteiger partial charge < -0.3 is 14.8 Å². The van der Waals surface area contributed by atoms with Crippen LogP contribution >= 0.6 is 0 Å². The molecule has 1 unspecified atom stereocenters. The predicted molar refractivity (Wildman–Crippen MR) is 93.5 cm³/mol. The standard InChI is InChI=1S/C16H19N3O9/c1-3-27-14(20)6-5-13(16(22)28-4-2)17-15(21)10-7-11(18(23)24)9-12(8-10)19(25)26/h7-9,13H,3-6H2,1-2H3,(H,17,21). The molecule has 0 radical (unpaired) electrons. The molecular weight excluding hydrogens is 378 g/mol. The second kappa shape index (κ2) is 10.5. The highest BCUT2D eigenvalue weighted by molar-refractivity contribution is 5.98. The van der Waals surface area contributed by atoms with E-state index in [-0.39, 0.29) is 31.6 Å². The van der Waals surface area contributed by atoms with Crippen molar-refractivity contribution in [3.63, 3.8) is 0 Å². The molecule has 1 atom stereocenters. The Morgan fingerprint density at radius 3 is 2.00 bits per heavy atom. The fourth-order valence-corrected chi connectivity index (χ4v) is 2.17. The van der Waals surface area contributed by atoms with Crippen LogP contribution in [0.5, 0.6) is 0 Å². The third-order valence-corrected chi connectivity index (χ3v) is 3.41. The van der Waals surface area contributed by atoms with Crippen LogP contribution in [0.2, 0.25) is 0 Å². The van der Waals surface area contributed by atoms with Crippen molar-refractivity contribution in [3.8, 4) is 0 Å². The fraction of sp³-hybridized carbons (Fsp3) is 0.438. The number of nitrogens with one attached hydrogen (secondary N) is 1. The monoisotopic (exact) mass is 397 g/mol. The Labute approximate surface area is 159 Å². The maximum atomic E-state index is 12.4. The summed E-state index contributed by atoms with van der Waals surface area (Å²) in [6.07, 6.45) is -0.326. The molecule has 152 valence electrons. The lowest BCUT2D eigenvalue weighted by Crippen LogP contribution is -2.42. The Bertz CT molecular complexity index is 746. The Morgan fingerprint density at radius 2 is 1.54 bits per heavy atom. The Balaban J connectivity index is 3.05. The molecule has 0 saturated heterocycles. The van der Waals surface area contributed by atoms with Gasteiger partial charge in [-0.3, -0.25) is 29.8 Å². The second-order valence-corrected chi connectivity index (χ2v) is 5.37. The van der Waals surface area contributed by atoms with Gasteiger partial charge in [-0.2, -0.15) is 0 Å². The second-order valence-electron chi connectivity index (χ2n) is 5.37. The number of benzene rings is 1. The average molecular weight is 397 g/mol. The van der Waals surface area contributed by atoms with E-state index in [4.69, 9.17) is 9.47 Å². The summed E-state index contributed by atoms with van der Waals surface area (Å²) in [7, 11) is 0. The molecule has 0 fully saturated rings. The molecule has 1 amide bonds. The fourth-order valence-electron chi connectivity index (χ4n) is 2.17. The summed E-state index contributed by atoms with van der Waals surface area (Å²) in [5.41, 5.74) is -1.69. The summed E-state index contributed by atoms with van der Waals surface area (Å²) in [6, 6.07) is 1.15. The number of nitro groups is 2. The van der Waals surface area contributed by atoms with Crippen molar-refractivity contribution < 1.29 is 33.7 Å². The first kappa shape index (κ1) is 22.5. The number of esters is 2. The summed E-state index contributed by atoms with van der Waals surface area (Å²) < 4.78 is 9.59. The molecule has 0 aliphatic rings. The molecule has 0 saturated carbocycles. The third kappa shape index (κ3) is 6.63. The van der Waals surface area contributed by atoms with Gasteiger partial charge in [-0.15, -0.1) is 0 Å². The molecular formula is C16H19N3O9. The molecule has 0 spiro atoms. The van der Waals surface area contributed by atoms with Gasteiger partial charge in [0.1, 0.15) is 6.04 Å². The van der Waals surface area contributed by atoms with Gasteiger partial charge in [0.05, 0.1) is 34.7 Å². The zero-order valence-corrected chi connectivity index (χ0v) is 15.2. The number of rotatable bonds is 10. The van der Waals surface area contributed by atoms with E-state index in [1.165, 1.54) is 0 Å². The van der Waals surface area contributed by atoms with Crippen molar-refractivity contribution in [2.75, 3.05) is 13.2 Å². The van der Waals surface area contributed by atoms with Crippen LogP contribution in [0.4, 0.5) is 11.4 Å². The van der Waals surface area contributed by atoms with Crippen LogP contribution in [-0.4, -0.2) is 46.9 Å². The van der Waals surface area contributed by atoms with E-state index < -0.39 is 45.1 Å². The van der Waals surface area contributed by atoms with Crippen molar-refractivity contribution in [1.82, 2.24) is 5.32 Å². The number of carbonyl (C=O) groups excluding carboxylic acids is 3. The highest BCUT2D eigenvalue weighted by Crippen LogP contribution is 2.22. The minimum atomic E-state index is -1.24. The van der Waals surface area contributed by atoms with Gasteiger partial charge in [0.2, 0.25) is 0 Å². The summed E-state index contributed by atoms with van der Waals surface area (Å²) in [5, 5.41) is 24.1. The van der Waals surface area contributed by atoms with Crippen LogP contribution in [0.3, 0.4) is 0 Å². The number of nitrogens with zero attached hydrogens (tertiary/aromatic N) is 2. The van der Waals surface area contributed by atoms with Crippen LogP contribution in [0, 0.1) is 20.2 Å². The average Bonchev–Trinajstić information content (AvgIpc) is 2.64. The minimum Gasteiger partial charge on any atom is -0.466 e. The zero-order valence-electron chi connectivity index (χ0n) is 15.2. The summed E-state index contributed by atoms with van der Waals surface area (Å²) >= 11 is 0. The van der Waals surface area contributed by atoms with Crippen molar-refractivity contribution >= 4 is 29.2 Å². The Kier molecular flexibility index (Phi) is 8.46. The van der Waals surface area contributed by atoms with Crippen LogP contribution < -0.4 is 5.32 Å². The molecule has 0 bridgehead atoms. The SMILES string of the molecule is CCOC(=O)CCC(NC(=O)c1cc([N+](=O)[O-])cc([N+](=O)[O-])c1)C(=O)OCC. The number of amides is 1. The number of hydrogen-bond acceptors (Lipinski definition) is 9. The van der Waals surface area contributed by atoms with Gasteiger partial charge in [0, 0.05) is 18.6 Å². The van der Waals surface area contributed by atoms with Gasteiger partial charge in [-0.1, -0.05) is 0 Å². The number of non-ortho nitro benzene ring substituents is 2. The molecule has 0 aliphatic heterocycles. The molecule has 0 aromatic heterocycles. The van der Waals surface area contributed by atoms with Gasteiger partial charge in [0.15, 0.2) is 0 Å². The predicted octanol–water partition coefficient (Wildman–Crippen LogP) is 1.51. The third-order valence-electron chi connectivity index (χ3n) is 3.41. The number of hydrogen-bond donors (Lipinski definition) is 1.